The molecule has 0 amide bonds. The summed E-state index contributed by atoms with van der Waals surface area (Å²) in [6, 6.07) is 7.46. The van der Waals surface area contributed by atoms with Crippen molar-refractivity contribution in [1.82, 2.24) is 5.32 Å². The monoisotopic (exact) mass is 248 g/mol. The van der Waals surface area contributed by atoms with Gasteiger partial charge in [0.05, 0.1) is 19.3 Å². The van der Waals surface area contributed by atoms with Gasteiger partial charge in [0.15, 0.2) is 0 Å². The number of halogens is 1. The van der Waals surface area contributed by atoms with Gasteiger partial charge in [-0.2, -0.15) is 5.26 Å². The fraction of sp³-hybridized carbons (Fsp3) is 0.500. The Bertz CT molecular complexity index is 463. The first-order valence-electron chi connectivity index (χ1n) is 6.10. The summed E-state index contributed by atoms with van der Waals surface area (Å²) in [7, 11) is 0. The molecule has 0 unspecified atom stereocenters. The van der Waals surface area contributed by atoms with Gasteiger partial charge in [-0.1, -0.05) is 12.1 Å². The average Bonchev–Trinajstić information content (AvgIpc) is 2.32. The van der Waals surface area contributed by atoms with Crippen molar-refractivity contribution in [1.29, 1.82) is 5.26 Å². The summed E-state index contributed by atoms with van der Waals surface area (Å²) in [5.74, 6) is -0.165. The molecular formula is C14H17FN2O. The van der Waals surface area contributed by atoms with Crippen LogP contribution in [0.25, 0.3) is 0 Å². The van der Waals surface area contributed by atoms with Crippen LogP contribution in [0.4, 0.5) is 4.39 Å². The number of benzene rings is 1. The Kier molecular flexibility index (Phi) is 3.95. The molecule has 4 heteroatoms. The Morgan fingerprint density at radius 3 is 2.83 bits per heavy atom. The summed E-state index contributed by atoms with van der Waals surface area (Å²) in [5.41, 5.74) is 1.45. The van der Waals surface area contributed by atoms with Crippen LogP contribution >= 0.6 is 0 Å². The summed E-state index contributed by atoms with van der Waals surface area (Å²) in [4.78, 5) is 0. The van der Waals surface area contributed by atoms with E-state index in [2.05, 4.69) is 11.4 Å². The second-order valence-corrected chi connectivity index (χ2v) is 4.90. The largest absolute Gasteiger partial charge is 0.378 e. The lowest BCUT2D eigenvalue weighted by molar-refractivity contribution is -0.0752. The predicted molar refractivity (Wildman–Crippen MR) is 66.6 cm³/mol. The van der Waals surface area contributed by atoms with E-state index in [0.29, 0.717) is 25.3 Å². The zero-order valence-electron chi connectivity index (χ0n) is 10.5. The van der Waals surface area contributed by atoms with Crippen molar-refractivity contribution >= 4 is 0 Å². The molecule has 2 rings (SSSR count). The van der Waals surface area contributed by atoms with E-state index in [0.717, 1.165) is 18.5 Å². The minimum atomic E-state index is -0.335. The molecule has 1 N–H and O–H groups in total. The predicted octanol–water partition coefficient (Wildman–Crippen LogP) is 1.81. The number of hydrogen-bond acceptors (Lipinski definition) is 3. The highest BCUT2D eigenvalue weighted by Crippen LogP contribution is 2.25. The van der Waals surface area contributed by atoms with Gasteiger partial charge in [0.25, 0.3) is 0 Å². The summed E-state index contributed by atoms with van der Waals surface area (Å²) >= 11 is 0. The van der Waals surface area contributed by atoms with E-state index in [-0.39, 0.29) is 11.2 Å². The van der Waals surface area contributed by atoms with Crippen LogP contribution in [0.3, 0.4) is 0 Å². The van der Waals surface area contributed by atoms with Crippen molar-refractivity contribution in [2.75, 3.05) is 26.3 Å². The standard InChI is InChI=1S/C14H17FN2O/c1-11-6-12(2-3-13(11)15)4-5-17-8-14(7-16)9-18-10-14/h2-3,6,17H,4-5,8-10H2,1H3. The molecule has 1 fully saturated rings. The van der Waals surface area contributed by atoms with E-state index in [9.17, 15) is 4.39 Å². The highest BCUT2D eigenvalue weighted by molar-refractivity contribution is 5.24. The van der Waals surface area contributed by atoms with Gasteiger partial charge in [-0.05, 0) is 37.1 Å². The Labute approximate surface area is 107 Å². The van der Waals surface area contributed by atoms with Crippen LogP contribution in [0, 0.1) is 29.5 Å². The Hall–Kier alpha value is -1.44. The van der Waals surface area contributed by atoms with Crippen molar-refractivity contribution < 1.29 is 9.13 Å². The fourth-order valence-corrected chi connectivity index (χ4v) is 1.98. The Morgan fingerprint density at radius 2 is 2.28 bits per heavy atom. The molecule has 1 heterocycles. The zero-order valence-corrected chi connectivity index (χ0v) is 10.5. The third kappa shape index (κ3) is 2.87. The first kappa shape index (κ1) is 13.0. The molecule has 0 saturated carbocycles. The lowest BCUT2D eigenvalue weighted by Crippen LogP contribution is -2.48. The first-order valence-corrected chi connectivity index (χ1v) is 6.10. The maximum atomic E-state index is 13.1. The smallest absolute Gasteiger partial charge is 0.126 e. The highest BCUT2D eigenvalue weighted by Gasteiger charge is 2.38. The topological polar surface area (TPSA) is 45.0 Å². The van der Waals surface area contributed by atoms with E-state index in [1.54, 1.807) is 13.0 Å². The number of hydrogen-bond donors (Lipinski definition) is 1. The number of rotatable bonds is 5. The van der Waals surface area contributed by atoms with E-state index in [1.807, 2.05) is 6.07 Å². The lowest BCUT2D eigenvalue weighted by Gasteiger charge is -2.35. The Morgan fingerprint density at radius 1 is 1.50 bits per heavy atom. The molecule has 0 radical (unpaired) electrons. The van der Waals surface area contributed by atoms with Crippen LogP contribution in [0.15, 0.2) is 18.2 Å². The lowest BCUT2D eigenvalue weighted by atomic mass is 9.88. The second-order valence-electron chi connectivity index (χ2n) is 4.90. The van der Waals surface area contributed by atoms with Crippen molar-refractivity contribution in [2.24, 2.45) is 5.41 Å². The maximum absolute atomic E-state index is 13.1. The molecule has 1 aromatic rings. The average molecular weight is 248 g/mol. The van der Waals surface area contributed by atoms with Crippen molar-refractivity contribution in [3.05, 3.63) is 35.1 Å². The van der Waals surface area contributed by atoms with E-state index >= 15 is 0 Å². The van der Waals surface area contributed by atoms with Crippen LogP contribution in [0.5, 0.6) is 0 Å². The number of nitrogens with zero attached hydrogens (tertiary/aromatic N) is 1. The molecular weight excluding hydrogens is 231 g/mol. The number of aryl methyl sites for hydroxylation is 1. The van der Waals surface area contributed by atoms with E-state index < -0.39 is 0 Å². The van der Waals surface area contributed by atoms with Gasteiger partial charge in [-0.25, -0.2) is 4.39 Å². The number of ether oxygens (including phenoxy) is 1. The van der Waals surface area contributed by atoms with Gasteiger partial charge < -0.3 is 10.1 Å². The second kappa shape index (κ2) is 5.47. The first-order chi connectivity index (χ1) is 8.65. The molecule has 1 saturated heterocycles. The molecule has 0 bridgehead atoms. The highest BCUT2D eigenvalue weighted by atomic mass is 19.1. The summed E-state index contributed by atoms with van der Waals surface area (Å²) in [5, 5.41) is 12.3. The molecule has 0 aromatic heterocycles. The third-order valence-corrected chi connectivity index (χ3v) is 3.27. The van der Waals surface area contributed by atoms with Crippen molar-refractivity contribution in [3.63, 3.8) is 0 Å². The molecule has 3 nitrogen and oxygen atoms in total. The van der Waals surface area contributed by atoms with Crippen LogP contribution in [0.2, 0.25) is 0 Å². The quantitative estimate of drug-likeness (QED) is 0.808. The van der Waals surface area contributed by atoms with Crippen LogP contribution < -0.4 is 5.32 Å². The van der Waals surface area contributed by atoms with E-state index in [1.165, 1.54) is 6.07 Å². The van der Waals surface area contributed by atoms with Gasteiger partial charge in [0.1, 0.15) is 11.2 Å². The molecule has 1 aliphatic rings. The molecule has 1 aliphatic heterocycles. The summed E-state index contributed by atoms with van der Waals surface area (Å²) in [6.07, 6.45) is 0.837. The molecule has 0 atom stereocenters. The van der Waals surface area contributed by atoms with Crippen LogP contribution in [0.1, 0.15) is 11.1 Å². The SMILES string of the molecule is Cc1cc(CCNCC2(C#N)COC2)ccc1F. The minimum absolute atomic E-state index is 0.165. The number of nitrogens with one attached hydrogen (secondary N) is 1. The van der Waals surface area contributed by atoms with Gasteiger partial charge >= 0.3 is 0 Å². The van der Waals surface area contributed by atoms with E-state index in [4.69, 9.17) is 10.00 Å². The Balaban J connectivity index is 1.75. The molecule has 0 spiro atoms. The summed E-state index contributed by atoms with van der Waals surface area (Å²) in [6.45, 7) is 4.25. The fourth-order valence-electron chi connectivity index (χ4n) is 1.98. The van der Waals surface area contributed by atoms with Gasteiger partial charge in [0, 0.05) is 6.54 Å². The van der Waals surface area contributed by atoms with Crippen LogP contribution in [-0.2, 0) is 11.2 Å². The van der Waals surface area contributed by atoms with Gasteiger partial charge in [-0.15, -0.1) is 0 Å². The van der Waals surface area contributed by atoms with Crippen molar-refractivity contribution in [3.8, 4) is 6.07 Å². The summed E-state index contributed by atoms with van der Waals surface area (Å²) < 4.78 is 18.1. The van der Waals surface area contributed by atoms with Gasteiger partial charge in [0.2, 0.25) is 0 Å². The third-order valence-electron chi connectivity index (χ3n) is 3.27. The zero-order chi connectivity index (χ0) is 13.0. The maximum Gasteiger partial charge on any atom is 0.126 e. The van der Waals surface area contributed by atoms with Crippen LogP contribution in [-0.4, -0.2) is 26.3 Å². The molecule has 18 heavy (non-hydrogen) atoms. The number of nitriles is 1. The normalized spacial score (nSPS) is 16.9. The van der Waals surface area contributed by atoms with Gasteiger partial charge in [-0.3, -0.25) is 0 Å². The molecule has 0 aliphatic carbocycles. The molecule has 96 valence electrons. The molecule has 1 aromatic carbocycles. The van der Waals surface area contributed by atoms with Crippen molar-refractivity contribution in [2.45, 2.75) is 13.3 Å². The minimum Gasteiger partial charge on any atom is -0.378 e.